The number of rotatable bonds is 1. The zero-order valence-electron chi connectivity index (χ0n) is 3.96. The summed E-state index contributed by atoms with van der Waals surface area (Å²) in [5, 5.41) is 0.347. The summed E-state index contributed by atoms with van der Waals surface area (Å²) < 4.78 is 10.0. The minimum Gasteiger partial charge on any atom is -0.0826 e. The topological polar surface area (TPSA) is 17.1 Å². The van der Waals surface area contributed by atoms with Crippen molar-refractivity contribution >= 4 is 11.7 Å². The van der Waals surface area contributed by atoms with Crippen LogP contribution in [0.5, 0.6) is 0 Å². The standard InChI is InChI=1S/C5H7OS/c6-7-5-3-1-2-4-5/h1-2,5H,3-4H2/q+1. The van der Waals surface area contributed by atoms with E-state index in [0.29, 0.717) is 5.25 Å². The summed E-state index contributed by atoms with van der Waals surface area (Å²) in [5.41, 5.74) is 0. The summed E-state index contributed by atoms with van der Waals surface area (Å²) >= 11 is 0.720. The van der Waals surface area contributed by atoms with Crippen molar-refractivity contribution in [2.75, 3.05) is 0 Å². The molecule has 1 rings (SSSR count). The number of allylic oxidation sites excluding steroid dienone is 2. The third-order valence-corrected chi connectivity index (χ3v) is 1.76. The molecule has 7 heavy (non-hydrogen) atoms. The molecular formula is C5H7OS+. The lowest BCUT2D eigenvalue weighted by Gasteiger charge is -1.75. The molecule has 0 bridgehead atoms. The van der Waals surface area contributed by atoms with Crippen LogP contribution in [0.4, 0.5) is 0 Å². The first-order chi connectivity index (χ1) is 3.43. The van der Waals surface area contributed by atoms with Crippen LogP contribution < -0.4 is 0 Å². The molecule has 0 saturated carbocycles. The lowest BCUT2D eigenvalue weighted by atomic mass is 10.4. The maximum Gasteiger partial charge on any atom is 0.462 e. The van der Waals surface area contributed by atoms with Gasteiger partial charge in [-0.1, -0.05) is 12.2 Å². The third-order valence-electron chi connectivity index (χ3n) is 1.10. The van der Waals surface area contributed by atoms with E-state index >= 15 is 0 Å². The Morgan fingerprint density at radius 1 is 1.43 bits per heavy atom. The van der Waals surface area contributed by atoms with E-state index in [-0.39, 0.29) is 0 Å². The van der Waals surface area contributed by atoms with Crippen LogP contribution in [0.25, 0.3) is 0 Å². The van der Waals surface area contributed by atoms with E-state index in [1.807, 2.05) is 0 Å². The zero-order valence-corrected chi connectivity index (χ0v) is 4.78. The van der Waals surface area contributed by atoms with Crippen LogP contribution >= 0.6 is 0 Å². The van der Waals surface area contributed by atoms with Gasteiger partial charge in [-0.3, -0.25) is 0 Å². The fourth-order valence-electron chi connectivity index (χ4n) is 0.671. The molecule has 0 spiro atoms. The van der Waals surface area contributed by atoms with Gasteiger partial charge in [0, 0.05) is 17.1 Å². The summed E-state index contributed by atoms with van der Waals surface area (Å²) in [5.74, 6) is 0. The molecule has 0 saturated heterocycles. The van der Waals surface area contributed by atoms with Crippen LogP contribution in [-0.2, 0) is 15.9 Å². The average Bonchev–Trinajstić information content (AvgIpc) is 2.14. The van der Waals surface area contributed by atoms with Crippen LogP contribution in [0, 0.1) is 0 Å². The first-order valence-corrected chi connectivity index (χ1v) is 3.17. The molecular weight excluding hydrogens is 108 g/mol. The van der Waals surface area contributed by atoms with Crippen molar-refractivity contribution in [2.24, 2.45) is 0 Å². The monoisotopic (exact) mass is 115 g/mol. The SMILES string of the molecule is O=[S+]C1CC=CC1. The minimum atomic E-state index is 0.347. The maximum absolute atomic E-state index is 10.0. The second kappa shape index (κ2) is 2.17. The molecule has 0 radical (unpaired) electrons. The Kier molecular flexibility index (Phi) is 1.52. The molecule has 0 aromatic rings. The Balaban J connectivity index is 2.35. The molecule has 1 nitrogen and oxygen atoms in total. The van der Waals surface area contributed by atoms with Crippen molar-refractivity contribution in [3.63, 3.8) is 0 Å². The third kappa shape index (κ3) is 1.06. The summed E-state index contributed by atoms with van der Waals surface area (Å²) in [6.07, 6.45) is 6.09. The van der Waals surface area contributed by atoms with Gasteiger partial charge in [0.25, 0.3) is 0 Å². The molecule has 0 heterocycles. The van der Waals surface area contributed by atoms with Crippen molar-refractivity contribution in [1.29, 1.82) is 0 Å². The van der Waals surface area contributed by atoms with Crippen LogP contribution in [0.15, 0.2) is 12.2 Å². The van der Waals surface area contributed by atoms with Gasteiger partial charge in [-0.15, -0.1) is 0 Å². The molecule has 0 N–H and O–H groups in total. The molecule has 0 aliphatic heterocycles. The van der Waals surface area contributed by atoms with E-state index in [2.05, 4.69) is 12.2 Å². The van der Waals surface area contributed by atoms with Gasteiger partial charge >= 0.3 is 11.7 Å². The molecule has 1 aliphatic carbocycles. The summed E-state index contributed by atoms with van der Waals surface area (Å²) in [6.45, 7) is 0. The fourth-order valence-corrected chi connectivity index (χ4v) is 1.05. The van der Waals surface area contributed by atoms with E-state index in [1.165, 1.54) is 0 Å². The Labute approximate surface area is 46.9 Å². The number of hydrogen-bond acceptors (Lipinski definition) is 1. The van der Waals surface area contributed by atoms with E-state index in [4.69, 9.17) is 0 Å². The first-order valence-electron chi connectivity index (χ1n) is 2.37. The maximum atomic E-state index is 10.0. The van der Waals surface area contributed by atoms with Gasteiger partial charge in [0.05, 0.1) is 0 Å². The number of hydrogen-bond donors (Lipinski definition) is 0. The first kappa shape index (κ1) is 4.91. The van der Waals surface area contributed by atoms with E-state index in [0.717, 1.165) is 24.5 Å². The Bertz CT molecular complexity index is 90.3. The summed E-state index contributed by atoms with van der Waals surface area (Å²) in [7, 11) is 0. The molecule has 0 unspecified atom stereocenters. The van der Waals surface area contributed by atoms with Crippen LogP contribution in [0.1, 0.15) is 12.8 Å². The predicted octanol–water partition coefficient (Wildman–Crippen LogP) is 1.13. The highest BCUT2D eigenvalue weighted by molar-refractivity contribution is 7.66. The van der Waals surface area contributed by atoms with Crippen molar-refractivity contribution in [1.82, 2.24) is 0 Å². The highest BCUT2D eigenvalue weighted by Crippen LogP contribution is 2.10. The van der Waals surface area contributed by atoms with Crippen molar-refractivity contribution in [3.8, 4) is 0 Å². The van der Waals surface area contributed by atoms with E-state index in [9.17, 15) is 4.21 Å². The van der Waals surface area contributed by atoms with E-state index < -0.39 is 0 Å². The Morgan fingerprint density at radius 2 is 2.00 bits per heavy atom. The van der Waals surface area contributed by atoms with Gasteiger partial charge in [-0.2, -0.15) is 0 Å². The van der Waals surface area contributed by atoms with Gasteiger partial charge in [0.1, 0.15) is 0 Å². The van der Waals surface area contributed by atoms with E-state index in [1.54, 1.807) is 0 Å². The van der Waals surface area contributed by atoms with Crippen molar-refractivity contribution in [2.45, 2.75) is 18.1 Å². The van der Waals surface area contributed by atoms with Gasteiger partial charge in [-0.05, 0) is 0 Å². The van der Waals surface area contributed by atoms with Gasteiger partial charge in [0.2, 0.25) is 5.25 Å². The van der Waals surface area contributed by atoms with Crippen LogP contribution in [0.2, 0.25) is 0 Å². The highest BCUT2D eigenvalue weighted by Gasteiger charge is 2.21. The smallest absolute Gasteiger partial charge is 0.0826 e. The average molecular weight is 115 g/mol. The summed E-state index contributed by atoms with van der Waals surface area (Å²) in [4.78, 5) is 0. The largest absolute Gasteiger partial charge is 0.462 e. The van der Waals surface area contributed by atoms with Gasteiger partial charge < -0.3 is 0 Å². The molecule has 0 atom stereocenters. The van der Waals surface area contributed by atoms with Crippen LogP contribution in [0.3, 0.4) is 0 Å². The minimum absolute atomic E-state index is 0.347. The van der Waals surface area contributed by atoms with Crippen LogP contribution in [-0.4, -0.2) is 5.25 Å². The molecule has 0 aromatic heterocycles. The molecule has 38 valence electrons. The lowest BCUT2D eigenvalue weighted by Crippen LogP contribution is -1.95. The Morgan fingerprint density at radius 3 is 2.29 bits per heavy atom. The second-order valence-corrected chi connectivity index (χ2v) is 2.52. The van der Waals surface area contributed by atoms with Gasteiger partial charge in [0.15, 0.2) is 0 Å². The summed E-state index contributed by atoms with van der Waals surface area (Å²) in [6, 6.07) is 0. The lowest BCUT2D eigenvalue weighted by molar-refractivity contribution is 0.598. The van der Waals surface area contributed by atoms with Crippen molar-refractivity contribution in [3.05, 3.63) is 12.2 Å². The van der Waals surface area contributed by atoms with Crippen molar-refractivity contribution < 1.29 is 4.21 Å². The predicted molar refractivity (Wildman–Crippen MR) is 30.2 cm³/mol. The molecule has 0 amide bonds. The normalized spacial score (nSPS) is 20.6. The van der Waals surface area contributed by atoms with Gasteiger partial charge in [-0.25, -0.2) is 0 Å². The fraction of sp³-hybridized carbons (Fsp3) is 0.600. The second-order valence-electron chi connectivity index (χ2n) is 1.66. The quantitative estimate of drug-likeness (QED) is 0.370. The zero-order chi connectivity index (χ0) is 5.11. The molecule has 1 aliphatic rings. The molecule has 2 heteroatoms. The highest BCUT2D eigenvalue weighted by atomic mass is 32.1. The molecule has 0 aromatic carbocycles. The Hall–Kier alpha value is -0.240. The molecule has 0 fully saturated rings.